The van der Waals surface area contributed by atoms with Gasteiger partial charge >= 0.3 is 0 Å². The monoisotopic (exact) mass is 207 g/mol. The molecule has 2 heteroatoms. The second kappa shape index (κ2) is 4.74. The van der Waals surface area contributed by atoms with Gasteiger partial charge in [0, 0.05) is 12.2 Å². The van der Waals surface area contributed by atoms with Gasteiger partial charge in [-0.25, -0.2) is 0 Å². The molecule has 1 N–H and O–H groups in total. The average molecular weight is 207 g/mol. The lowest BCUT2D eigenvalue weighted by molar-refractivity contribution is 0.632. The molecule has 1 aromatic rings. The number of aryl methyl sites for hydroxylation is 1. The molecular weight excluding hydrogens is 190 g/mol. The first-order valence-corrected chi connectivity index (χ1v) is 6.38. The van der Waals surface area contributed by atoms with Gasteiger partial charge in [-0.15, -0.1) is 0 Å². The average Bonchev–Trinajstić information content (AvgIpc) is 2.70. The van der Waals surface area contributed by atoms with Gasteiger partial charge in [0.05, 0.1) is 0 Å². The number of benzene rings is 1. The van der Waals surface area contributed by atoms with Crippen LogP contribution in [0.4, 0.5) is 5.69 Å². The quantitative estimate of drug-likeness (QED) is 0.817. The van der Waals surface area contributed by atoms with Gasteiger partial charge < -0.3 is 5.32 Å². The summed E-state index contributed by atoms with van der Waals surface area (Å²) in [5, 5.41) is 3.50. The van der Waals surface area contributed by atoms with Gasteiger partial charge in [-0.3, -0.25) is 0 Å². The second-order valence-corrected chi connectivity index (χ2v) is 5.13. The Labute approximate surface area is 90.3 Å². The van der Waals surface area contributed by atoms with Gasteiger partial charge in [0.2, 0.25) is 0 Å². The normalized spacial score (nSPS) is 21.1. The van der Waals surface area contributed by atoms with Crippen LogP contribution in [0.2, 0.25) is 0 Å². The van der Waals surface area contributed by atoms with Crippen molar-refractivity contribution in [2.24, 2.45) is 5.92 Å². The summed E-state index contributed by atoms with van der Waals surface area (Å²) < 4.78 is 0. The minimum absolute atomic E-state index is 0.876. The molecule has 0 aliphatic carbocycles. The Bertz CT molecular complexity index is 275. The molecule has 1 saturated heterocycles. The van der Waals surface area contributed by atoms with Gasteiger partial charge in [-0.1, -0.05) is 17.7 Å². The third-order valence-electron chi connectivity index (χ3n) is 2.67. The summed E-state index contributed by atoms with van der Waals surface area (Å²) in [5.41, 5.74) is 2.58. The van der Waals surface area contributed by atoms with Crippen molar-refractivity contribution in [2.75, 3.05) is 23.4 Å². The highest BCUT2D eigenvalue weighted by Crippen LogP contribution is 2.23. The maximum Gasteiger partial charge on any atom is 0.0340 e. The first kappa shape index (κ1) is 9.91. The largest absolute Gasteiger partial charge is 0.385 e. The lowest BCUT2D eigenvalue weighted by Crippen LogP contribution is -2.13. The molecule has 1 fully saturated rings. The molecule has 1 unspecified atom stereocenters. The summed E-state index contributed by atoms with van der Waals surface area (Å²) in [6, 6.07) is 8.65. The van der Waals surface area contributed by atoms with Crippen molar-refractivity contribution < 1.29 is 0 Å². The van der Waals surface area contributed by atoms with Crippen molar-refractivity contribution in [2.45, 2.75) is 13.3 Å². The van der Waals surface area contributed by atoms with Gasteiger partial charge in [-0.05, 0) is 42.9 Å². The second-order valence-electron chi connectivity index (χ2n) is 3.98. The Morgan fingerprint density at radius 1 is 1.36 bits per heavy atom. The topological polar surface area (TPSA) is 12.0 Å². The highest BCUT2D eigenvalue weighted by Gasteiger charge is 2.14. The molecule has 1 aromatic carbocycles. The first-order chi connectivity index (χ1) is 6.84. The lowest BCUT2D eigenvalue weighted by atomic mass is 10.1. The zero-order chi connectivity index (χ0) is 9.80. The fourth-order valence-electron chi connectivity index (χ4n) is 1.68. The van der Waals surface area contributed by atoms with E-state index in [0.29, 0.717) is 0 Å². The van der Waals surface area contributed by atoms with E-state index in [0.717, 1.165) is 12.5 Å². The molecule has 0 radical (unpaired) electrons. The highest BCUT2D eigenvalue weighted by atomic mass is 32.2. The van der Waals surface area contributed by atoms with Crippen LogP contribution in [0, 0.1) is 12.8 Å². The van der Waals surface area contributed by atoms with Gasteiger partial charge in [-0.2, -0.15) is 11.8 Å². The number of hydrogen-bond acceptors (Lipinski definition) is 2. The van der Waals surface area contributed by atoms with Crippen molar-refractivity contribution in [3.8, 4) is 0 Å². The smallest absolute Gasteiger partial charge is 0.0340 e. The van der Waals surface area contributed by atoms with E-state index in [4.69, 9.17) is 0 Å². The molecule has 2 rings (SSSR count). The van der Waals surface area contributed by atoms with E-state index in [1.807, 2.05) is 0 Å². The molecule has 1 nitrogen and oxygen atoms in total. The van der Waals surface area contributed by atoms with Gasteiger partial charge in [0.25, 0.3) is 0 Å². The summed E-state index contributed by atoms with van der Waals surface area (Å²) in [4.78, 5) is 0. The molecule has 1 aliphatic heterocycles. The molecule has 0 spiro atoms. The number of rotatable bonds is 3. The van der Waals surface area contributed by atoms with Crippen molar-refractivity contribution in [1.82, 2.24) is 0 Å². The van der Waals surface area contributed by atoms with E-state index in [-0.39, 0.29) is 0 Å². The van der Waals surface area contributed by atoms with Crippen molar-refractivity contribution in [3.63, 3.8) is 0 Å². The maximum atomic E-state index is 3.50. The molecule has 14 heavy (non-hydrogen) atoms. The van der Waals surface area contributed by atoms with Crippen LogP contribution in [0.25, 0.3) is 0 Å². The molecule has 0 aromatic heterocycles. The van der Waals surface area contributed by atoms with E-state index in [2.05, 4.69) is 48.3 Å². The minimum Gasteiger partial charge on any atom is -0.385 e. The van der Waals surface area contributed by atoms with Crippen molar-refractivity contribution >= 4 is 17.4 Å². The third-order valence-corrected chi connectivity index (χ3v) is 3.90. The summed E-state index contributed by atoms with van der Waals surface area (Å²) in [6.07, 6.45) is 1.38. The third kappa shape index (κ3) is 2.68. The van der Waals surface area contributed by atoms with Crippen LogP contribution in [0.5, 0.6) is 0 Å². The first-order valence-electron chi connectivity index (χ1n) is 5.23. The maximum absolute atomic E-state index is 3.50. The Kier molecular flexibility index (Phi) is 3.35. The van der Waals surface area contributed by atoms with Crippen molar-refractivity contribution in [1.29, 1.82) is 0 Å². The fraction of sp³-hybridized carbons (Fsp3) is 0.500. The molecule has 1 heterocycles. The fourth-order valence-corrected chi connectivity index (χ4v) is 2.96. The van der Waals surface area contributed by atoms with Gasteiger partial charge in [0.1, 0.15) is 0 Å². The minimum atomic E-state index is 0.876. The Morgan fingerprint density at radius 2 is 2.14 bits per heavy atom. The van der Waals surface area contributed by atoms with Crippen LogP contribution in [-0.4, -0.2) is 18.1 Å². The van der Waals surface area contributed by atoms with Crippen LogP contribution in [0.1, 0.15) is 12.0 Å². The molecule has 1 aliphatic rings. The Hall–Kier alpha value is -0.630. The van der Waals surface area contributed by atoms with Crippen LogP contribution in [0.3, 0.4) is 0 Å². The van der Waals surface area contributed by atoms with Crippen LogP contribution in [0.15, 0.2) is 24.3 Å². The molecule has 1 atom stereocenters. The molecule has 0 saturated carbocycles. The van der Waals surface area contributed by atoms with Gasteiger partial charge in [0.15, 0.2) is 0 Å². The van der Waals surface area contributed by atoms with Crippen LogP contribution >= 0.6 is 11.8 Å². The lowest BCUT2D eigenvalue weighted by Gasteiger charge is -2.11. The molecule has 0 amide bonds. The number of nitrogens with one attached hydrogen (secondary N) is 1. The summed E-state index contributed by atoms with van der Waals surface area (Å²) in [5.74, 6) is 3.56. The van der Waals surface area contributed by atoms with Crippen LogP contribution in [-0.2, 0) is 0 Å². The van der Waals surface area contributed by atoms with Crippen molar-refractivity contribution in [3.05, 3.63) is 29.8 Å². The predicted molar refractivity (Wildman–Crippen MR) is 65.1 cm³/mol. The Balaban J connectivity index is 1.82. The summed E-state index contributed by atoms with van der Waals surface area (Å²) >= 11 is 2.08. The van der Waals surface area contributed by atoms with E-state index in [1.54, 1.807) is 0 Å². The number of hydrogen-bond donors (Lipinski definition) is 1. The standard InChI is InChI=1S/C12H17NS/c1-10-2-4-12(5-3-10)13-8-11-6-7-14-9-11/h2-5,11,13H,6-9H2,1H3. The molecular formula is C12H17NS. The van der Waals surface area contributed by atoms with E-state index in [1.165, 1.54) is 29.2 Å². The molecule has 0 bridgehead atoms. The predicted octanol–water partition coefficient (Wildman–Crippen LogP) is 3.16. The van der Waals surface area contributed by atoms with E-state index < -0.39 is 0 Å². The number of anilines is 1. The SMILES string of the molecule is Cc1ccc(NCC2CCSC2)cc1. The van der Waals surface area contributed by atoms with E-state index in [9.17, 15) is 0 Å². The van der Waals surface area contributed by atoms with E-state index >= 15 is 0 Å². The summed E-state index contributed by atoms with van der Waals surface area (Å²) in [7, 11) is 0. The van der Waals surface area contributed by atoms with Crippen LogP contribution < -0.4 is 5.32 Å². The zero-order valence-corrected chi connectivity index (χ0v) is 9.44. The zero-order valence-electron chi connectivity index (χ0n) is 8.62. The Morgan fingerprint density at radius 3 is 2.79 bits per heavy atom. The highest BCUT2D eigenvalue weighted by molar-refractivity contribution is 7.99. The molecule has 76 valence electrons. The number of thioether (sulfide) groups is 1. The summed E-state index contributed by atoms with van der Waals surface area (Å²) in [6.45, 7) is 3.26.